The van der Waals surface area contributed by atoms with Crippen LogP contribution < -0.4 is 5.32 Å². The van der Waals surface area contributed by atoms with E-state index in [0.717, 1.165) is 5.03 Å². The van der Waals surface area contributed by atoms with Crippen LogP contribution in [0.4, 0.5) is 0 Å². The van der Waals surface area contributed by atoms with E-state index >= 15 is 0 Å². The molecule has 1 aliphatic rings. The van der Waals surface area contributed by atoms with Crippen molar-refractivity contribution in [1.82, 2.24) is 15.4 Å². The summed E-state index contributed by atoms with van der Waals surface area (Å²) >= 11 is 0. The first-order valence-electron chi connectivity index (χ1n) is 10.7. The molecule has 0 aromatic carbocycles. The number of amides is 3. The Balaban J connectivity index is 1.64. The van der Waals surface area contributed by atoms with E-state index in [-0.39, 0.29) is 25.4 Å². The Kier molecular flexibility index (Phi) is 10.2. The average molecular weight is 498 g/mol. The zero-order valence-corrected chi connectivity index (χ0v) is 21.1. The summed E-state index contributed by atoms with van der Waals surface area (Å²) < 4.78 is 5.91. The van der Waals surface area contributed by atoms with E-state index in [9.17, 15) is 19.2 Å². The van der Waals surface area contributed by atoms with E-state index in [0.29, 0.717) is 30.2 Å². The normalized spacial score (nSPS) is 14.5. The first-order chi connectivity index (χ1) is 15.5. The molecule has 3 amide bonds. The Morgan fingerprint density at radius 1 is 1.15 bits per heavy atom. The van der Waals surface area contributed by atoms with Crippen LogP contribution in [0, 0.1) is 5.41 Å². The minimum Gasteiger partial charge on any atom is -0.374 e. The quantitative estimate of drug-likeness (QED) is 0.249. The molecule has 2 heterocycles. The van der Waals surface area contributed by atoms with Crippen molar-refractivity contribution in [3.63, 3.8) is 0 Å². The summed E-state index contributed by atoms with van der Waals surface area (Å²) in [6, 6.07) is 5.71. The van der Waals surface area contributed by atoms with Gasteiger partial charge in [0.1, 0.15) is 5.03 Å². The number of ether oxygens (including phenoxy) is 1. The minimum atomic E-state index is -1.06. The largest absolute Gasteiger partial charge is 0.374 e. The number of aromatic nitrogens is 1. The predicted molar refractivity (Wildman–Crippen MR) is 126 cm³/mol. The number of imide groups is 1. The number of pyridine rings is 1. The predicted octanol–water partition coefficient (Wildman–Crippen LogP) is 3.15. The van der Waals surface area contributed by atoms with Crippen LogP contribution in [-0.4, -0.2) is 58.2 Å². The van der Waals surface area contributed by atoms with Crippen LogP contribution >= 0.6 is 21.6 Å². The molecular formula is C22H31N3O6S2. The fourth-order valence-electron chi connectivity index (χ4n) is 2.60. The lowest BCUT2D eigenvalue weighted by Crippen LogP contribution is -2.42. The number of hydrogen-bond donors (Lipinski definition) is 1. The van der Waals surface area contributed by atoms with Crippen LogP contribution in [0.2, 0.25) is 0 Å². The maximum absolute atomic E-state index is 12.4. The molecule has 0 aliphatic carbocycles. The first kappa shape index (κ1) is 27.1. The molecule has 9 nitrogen and oxygen atoms in total. The Labute approximate surface area is 202 Å². The zero-order chi connectivity index (χ0) is 24.5. The Morgan fingerprint density at radius 2 is 1.85 bits per heavy atom. The van der Waals surface area contributed by atoms with Crippen molar-refractivity contribution < 1.29 is 28.8 Å². The van der Waals surface area contributed by atoms with Crippen molar-refractivity contribution in [2.75, 3.05) is 18.9 Å². The van der Waals surface area contributed by atoms with Gasteiger partial charge in [0, 0.05) is 37.8 Å². The standard InChI is InChI=1S/C22H31N3O6S2/c1-21(2,20(29)31-25-18(27)8-9-19(25)28)15-30-22(3,4)11-13-23-16(26)10-14-32-33-17-7-5-6-12-24-17/h5-7,12H,8-11,13-15H2,1-4H3,(H,23,26). The molecule has 182 valence electrons. The van der Waals surface area contributed by atoms with E-state index in [4.69, 9.17) is 9.57 Å². The van der Waals surface area contributed by atoms with Crippen LogP contribution in [0.1, 0.15) is 53.4 Å². The lowest BCUT2D eigenvalue weighted by atomic mass is 9.94. The number of rotatable bonds is 13. The SMILES string of the molecule is CC(C)(CCNC(=O)CCSSc1ccccn1)OCC(C)(C)C(=O)ON1C(=O)CCC1=O. The molecule has 2 rings (SSSR count). The third kappa shape index (κ3) is 9.34. The summed E-state index contributed by atoms with van der Waals surface area (Å²) in [7, 11) is 3.12. The zero-order valence-electron chi connectivity index (χ0n) is 19.4. The Hall–Kier alpha value is -2.11. The lowest BCUT2D eigenvalue weighted by Gasteiger charge is -2.31. The molecule has 0 spiro atoms. The Bertz CT molecular complexity index is 832. The second-order valence-corrected chi connectivity index (χ2v) is 11.3. The van der Waals surface area contributed by atoms with Crippen LogP contribution in [0.15, 0.2) is 29.4 Å². The van der Waals surface area contributed by atoms with Crippen LogP contribution in [0.5, 0.6) is 0 Å². The highest BCUT2D eigenvalue weighted by Gasteiger charge is 2.39. The maximum atomic E-state index is 12.4. The summed E-state index contributed by atoms with van der Waals surface area (Å²) in [4.78, 5) is 57.0. The number of nitrogens with zero attached hydrogens (tertiary/aromatic N) is 2. The van der Waals surface area contributed by atoms with Crippen molar-refractivity contribution in [3.8, 4) is 0 Å². The van der Waals surface area contributed by atoms with Crippen LogP contribution in [0.25, 0.3) is 0 Å². The summed E-state index contributed by atoms with van der Waals surface area (Å²) in [5.74, 6) is -1.12. The first-order valence-corrected chi connectivity index (χ1v) is 13.0. The van der Waals surface area contributed by atoms with Gasteiger partial charge in [0.05, 0.1) is 17.6 Å². The summed E-state index contributed by atoms with van der Waals surface area (Å²) in [5, 5.41) is 4.33. The molecule has 11 heteroatoms. The summed E-state index contributed by atoms with van der Waals surface area (Å²) in [6.45, 7) is 7.45. The average Bonchev–Trinajstić information content (AvgIpc) is 3.08. The van der Waals surface area contributed by atoms with Crippen LogP contribution in [0.3, 0.4) is 0 Å². The second-order valence-electron chi connectivity index (χ2n) is 8.82. The van der Waals surface area contributed by atoms with Crippen LogP contribution in [-0.2, 0) is 28.8 Å². The molecule has 1 fully saturated rings. The van der Waals surface area contributed by atoms with Gasteiger partial charge in [-0.25, -0.2) is 9.78 Å². The van der Waals surface area contributed by atoms with Gasteiger partial charge >= 0.3 is 5.97 Å². The third-order valence-electron chi connectivity index (χ3n) is 4.80. The van der Waals surface area contributed by atoms with Gasteiger partial charge in [0.15, 0.2) is 0 Å². The van der Waals surface area contributed by atoms with E-state index < -0.39 is 28.8 Å². The summed E-state index contributed by atoms with van der Waals surface area (Å²) in [5.41, 5.74) is -1.67. The number of carbonyl (C=O) groups excluding carboxylic acids is 4. The van der Waals surface area contributed by atoms with Gasteiger partial charge in [-0.3, -0.25) is 14.4 Å². The van der Waals surface area contributed by atoms with Crippen molar-refractivity contribution in [2.24, 2.45) is 5.41 Å². The maximum Gasteiger partial charge on any atom is 0.341 e. The van der Waals surface area contributed by atoms with E-state index in [1.165, 1.54) is 10.8 Å². The fourth-order valence-corrected chi connectivity index (χ4v) is 4.46. The molecule has 33 heavy (non-hydrogen) atoms. The topological polar surface area (TPSA) is 115 Å². The number of carbonyl (C=O) groups is 4. The fraction of sp³-hybridized carbons (Fsp3) is 0.591. The van der Waals surface area contributed by atoms with Gasteiger partial charge in [-0.15, -0.1) is 5.06 Å². The molecule has 1 N–H and O–H groups in total. The summed E-state index contributed by atoms with van der Waals surface area (Å²) in [6.07, 6.45) is 2.77. The molecule has 0 bridgehead atoms. The van der Waals surface area contributed by atoms with Gasteiger partial charge in [0.2, 0.25) is 5.91 Å². The van der Waals surface area contributed by atoms with Crippen molar-refractivity contribution in [1.29, 1.82) is 0 Å². The highest BCUT2D eigenvalue weighted by atomic mass is 33.1. The van der Waals surface area contributed by atoms with Crippen molar-refractivity contribution in [3.05, 3.63) is 24.4 Å². The van der Waals surface area contributed by atoms with Gasteiger partial charge in [-0.2, -0.15) is 0 Å². The lowest BCUT2D eigenvalue weighted by molar-refractivity contribution is -0.207. The number of hydrogen-bond acceptors (Lipinski definition) is 9. The molecule has 1 aromatic heterocycles. The molecule has 1 aliphatic heterocycles. The van der Waals surface area contributed by atoms with Gasteiger partial charge in [0.25, 0.3) is 11.8 Å². The van der Waals surface area contributed by atoms with E-state index in [2.05, 4.69) is 10.3 Å². The second kappa shape index (κ2) is 12.4. The molecule has 0 saturated carbocycles. The monoisotopic (exact) mass is 497 g/mol. The van der Waals surface area contributed by atoms with Gasteiger partial charge < -0.3 is 14.9 Å². The third-order valence-corrected chi connectivity index (χ3v) is 7.07. The van der Waals surface area contributed by atoms with E-state index in [1.54, 1.807) is 30.8 Å². The van der Waals surface area contributed by atoms with Crippen molar-refractivity contribution in [2.45, 2.75) is 64.0 Å². The minimum absolute atomic E-state index is 0.0321. The molecule has 0 unspecified atom stereocenters. The molecular weight excluding hydrogens is 466 g/mol. The Morgan fingerprint density at radius 3 is 2.48 bits per heavy atom. The molecule has 1 aromatic rings. The molecule has 1 saturated heterocycles. The molecule has 0 radical (unpaired) electrons. The van der Waals surface area contributed by atoms with Crippen molar-refractivity contribution >= 4 is 45.3 Å². The number of nitrogens with one attached hydrogen (secondary N) is 1. The van der Waals surface area contributed by atoms with Gasteiger partial charge in [-0.1, -0.05) is 16.9 Å². The highest BCUT2D eigenvalue weighted by molar-refractivity contribution is 8.76. The van der Waals surface area contributed by atoms with E-state index in [1.807, 2.05) is 32.0 Å². The highest BCUT2D eigenvalue weighted by Crippen LogP contribution is 2.29. The smallest absolute Gasteiger partial charge is 0.341 e. The van der Waals surface area contributed by atoms with Gasteiger partial charge in [-0.05, 0) is 57.0 Å². The molecule has 0 atom stereocenters. The number of hydroxylamine groups is 2.